The van der Waals surface area contributed by atoms with Crippen LogP contribution in [0.5, 0.6) is 5.75 Å². The highest BCUT2D eigenvalue weighted by Gasteiger charge is 2.17. The number of sulfonamides is 1. The first kappa shape index (κ1) is 24.0. The fourth-order valence-electron chi connectivity index (χ4n) is 2.90. The molecule has 0 aliphatic carbocycles. The molecule has 0 bridgehead atoms. The first-order chi connectivity index (χ1) is 15.7. The van der Waals surface area contributed by atoms with Crippen molar-refractivity contribution in [3.05, 3.63) is 83.4 Å². The Balaban J connectivity index is 1.64. The van der Waals surface area contributed by atoms with Crippen molar-refractivity contribution in [2.24, 2.45) is 0 Å². The molecule has 0 aliphatic heterocycles. The Kier molecular flexibility index (Phi) is 7.52. The molecule has 1 amide bonds. The van der Waals surface area contributed by atoms with Crippen LogP contribution in [0.2, 0.25) is 0 Å². The van der Waals surface area contributed by atoms with Gasteiger partial charge >= 0.3 is 0 Å². The highest BCUT2D eigenvalue weighted by Crippen LogP contribution is 2.20. The molecule has 33 heavy (non-hydrogen) atoms. The molecule has 0 spiro atoms. The number of carbonyl (C=O) groups excluding carboxylic acids is 1. The molecule has 0 aromatic heterocycles. The van der Waals surface area contributed by atoms with Gasteiger partial charge < -0.3 is 10.1 Å². The Hall–Kier alpha value is -3.63. The van der Waals surface area contributed by atoms with Crippen molar-refractivity contribution in [3.63, 3.8) is 0 Å². The van der Waals surface area contributed by atoms with Crippen molar-refractivity contribution in [1.82, 2.24) is 10.9 Å². The smallest absolute Gasteiger partial charge is 0.269 e. The van der Waals surface area contributed by atoms with Crippen molar-refractivity contribution in [2.45, 2.75) is 18.7 Å². The standard InChI is InChI=1S/C23H24N4O4S2/c1-15-6-4-9-21(16(15)2)24-23(32)26-25-22(28)17-7-5-8-20(14-17)33(29,30)27-18-10-12-19(31-3)13-11-18/h4-14,27H,1-3H3,(H,25,28)(H2,24,26,32). The van der Waals surface area contributed by atoms with Crippen molar-refractivity contribution in [2.75, 3.05) is 17.1 Å². The molecule has 10 heteroatoms. The number of rotatable bonds is 6. The van der Waals surface area contributed by atoms with Crippen LogP contribution in [0.1, 0.15) is 21.5 Å². The maximum absolute atomic E-state index is 12.7. The molecule has 0 saturated carbocycles. The summed E-state index contributed by atoms with van der Waals surface area (Å²) in [4.78, 5) is 12.5. The first-order valence-corrected chi connectivity index (χ1v) is 11.8. The van der Waals surface area contributed by atoms with Gasteiger partial charge in [0, 0.05) is 16.9 Å². The number of benzene rings is 3. The SMILES string of the molecule is COc1ccc(NS(=O)(=O)c2cccc(C(=O)NNC(=S)Nc3cccc(C)c3C)c2)cc1. The van der Waals surface area contributed by atoms with E-state index in [1.807, 2.05) is 32.0 Å². The summed E-state index contributed by atoms with van der Waals surface area (Å²) in [6.07, 6.45) is 0. The lowest BCUT2D eigenvalue weighted by Gasteiger charge is -2.14. The van der Waals surface area contributed by atoms with E-state index in [-0.39, 0.29) is 15.6 Å². The van der Waals surface area contributed by atoms with Crippen LogP contribution in [0.25, 0.3) is 0 Å². The molecule has 3 aromatic rings. The minimum atomic E-state index is -3.90. The van der Waals surface area contributed by atoms with Gasteiger partial charge in [0.25, 0.3) is 15.9 Å². The Morgan fingerprint density at radius 1 is 0.939 bits per heavy atom. The van der Waals surface area contributed by atoms with Crippen LogP contribution in [0, 0.1) is 13.8 Å². The quantitative estimate of drug-likeness (QED) is 0.312. The lowest BCUT2D eigenvalue weighted by atomic mass is 10.1. The van der Waals surface area contributed by atoms with Crippen molar-refractivity contribution in [1.29, 1.82) is 0 Å². The summed E-state index contributed by atoms with van der Waals surface area (Å²) in [5.74, 6) is 0.0655. The predicted molar refractivity (Wildman–Crippen MR) is 133 cm³/mol. The number of anilines is 2. The number of amides is 1. The van der Waals surface area contributed by atoms with E-state index in [2.05, 4.69) is 20.9 Å². The van der Waals surface area contributed by atoms with E-state index in [1.54, 1.807) is 24.3 Å². The molecule has 3 rings (SSSR count). The first-order valence-electron chi connectivity index (χ1n) is 9.90. The Bertz CT molecular complexity index is 1280. The summed E-state index contributed by atoms with van der Waals surface area (Å²) in [6, 6.07) is 17.9. The van der Waals surface area contributed by atoms with E-state index in [9.17, 15) is 13.2 Å². The topological polar surface area (TPSA) is 109 Å². The molecular weight excluding hydrogens is 460 g/mol. The minimum Gasteiger partial charge on any atom is -0.497 e. The second-order valence-corrected chi connectivity index (χ2v) is 9.23. The van der Waals surface area contributed by atoms with E-state index >= 15 is 0 Å². The van der Waals surface area contributed by atoms with Gasteiger partial charge in [-0.05, 0) is 85.7 Å². The normalized spacial score (nSPS) is 10.8. The number of aryl methyl sites for hydroxylation is 1. The van der Waals surface area contributed by atoms with Crippen LogP contribution >= 0.6 is 12.2 Å². The van der Waals surface area contributed by atoms with Gasteiger partial charge in [0.2, 0.25) is 0 Å². The third-order valence-corrected chi connectivity index (χ3v) is 6.47. The molecule has 0 heterocycles. The number of carbonyl (C=O) groups is 1. The van der Waals surface area contributed by atoms with Crippen LogP contribution < -0.4 is 25.6 Å². The van der Waals surface area contributed by atoms with E-state index in [1.165, 1.54) is 31.4 Å². The van der Waals surface area contributed by atoms with Gasteiger partial charge in [0.15, 0.2) is 5.11 Å². The van der Waals surface area contributed by atoms with Gasteiger partial charge in [0.05, 0.1) is 12.0 Å². The summed E-state index contributed by atoms with van der Waals surface area (Å²) >= 11 is 5.23. The third-order valence-electron chi connectivity index (χ3n) is 4.89. The van der Waals surface area contributed by atoms with E-state index in [0.29, 0.717) is 11.4 Å². The molecule has 0 unspecified atom stereocenters. The molecule has 0 atom stereocenters. The van der Waals surface area contributed by atoms with Crippen LogP contribution in [0.3, 0.4) is 0 Å². The van der Waals surface area contributed by atoms with Crippen LogP contribution in [0.15, 0.2) is 71.6 Å². The summed E-state index contributed by atoms with van der Waals surface area (Å²) in [7, 11) is -2.37. The van der Waals surface area contributed by atoms with Crippen molar-refractivity contribution < 1.29 is 17.9 Å². The largest absolute Gasteiger partial charge is 0.497 e. The number of methoxy groups -OCH3 is 1. The number of hydrogen-bond donors (Lipinski definition) is 4. The zero-order valence-corrected chi connectivity index (χ0v) is 19.9. The van der Waals surface area contributed by atoms with Crippen LogP contribution in [-0.4, -0.2) is 26.5 Å². The van der Waals surface area contributed by atoms with E-state index < -0.39 is 15.9 Å². The van der Waals surface area contributed by atoms with Gasteiger partial charge in [0.1, 0.15) is 5.75 Å². The van der Waals surface area contributed by atoms with Gasteiger partial charge in [-0.1, -0.05) is 18.2 Å². The molecule has 0 radical (unpaired) electrons. The molecule has 0 saturated heterocycles. The minimum absolute atomic E-state index is 0.0537. The van der Waals surface area contributed by atoms with E-state index in [4.69, 9.17) is 17.0 Å². The number of thiocarbonyl (C=S) groups is 1. The number of ether oxygens (including phenoxy) is 1. The second-order valence-electron chi connectivity index (χ2n) is 7.14. The van der Waals surface area contributed by atoms with Crippen molar-refractivity contribution in [3.8, 4) is 5.75 Å². The zero-order valence-electron chi connectivity index (χ0n) is 18.3. The molecule has 4 N–H and O–H groups in total. The highest BCUT2D eigenvalue weighted by molar-refractivity contribution is 7.92. The van der Waals surface area contributed by atoms with Gasteiger partial charge in [-0.3, -0.25) is 20.4 Å². The summed E-state index contributed by atoms with van der Waals surface area (Å²) in [5.41, 5.74) is 8.58. The number of nitrogens with one attached hydrogen (secondary N) is 4. The Morgan fingerprint density at radius 3 is 2.33 bits per heavy atom. The van der Waals surface area contributed by atoms with Crippen LogP contribution in [0.4, 0.5) is 11.4 Å². The lowest BCUT2D eigenvalue weighted by molar-refractivity contribution is 0.0944. The van der Waals surface area contributed by atoms with Gasteiger partial charge in [-0.2, -0.15) is 0 Å². The summed E-state index contributed by atoms with van der Waals surface area (Å²) in [6.45, 7) is 3.95. The maximum Gasteiger partial charge on any atom is 0.269 e. The van der Waals surface area contributed by atoms with Crippen LogP contribution in [-0.2, 0) is 10.0 Å². The predicted octanol–water partition coefficient (Wildman–Crippen LogP) is 3.74. The summed E-state index contributed by atoms with van der Waals surface area (Å²) < 4.78 is 33.0. The number of hydrazine groups is 1. The fourth-order valence-corrected chi connectivity index (χ4v) is 4.17. The van der Waals surface area contributed by atoms with E-state index in [0.717, 1.165) is 16.8 Å². The average Bonchev–Trinajstić information content (AvgIpc) is 2.81. The van der Waals surface area contributed by atoms with Gasteiger partial charge in [-0.25, -0.2) is 8.42 Å². The van der Waals surface area contributed by atoms with Gasteiger partial charge in [-0.15, -0.1) is 0 Å². The average molecular weight is 485 g/mol. The highest BCUT2D eigenvalue weighted by atomic mass is 32.2. The molecule has 8 nitrogen and oxygen atoms in total. The zero-order chi connectivity index (χ0) is 24.0. The monoisotopic (exact) mass is 484 g/mol. The summed E-state index contributed by atoms with van der Waals surface area (Å²) in [5, 5.41) is 3.22. The molecule has 172 valence electrons. The van der Waals surface area contributed by atoms with Crippen molar-refractivity contribution >= 4 is 44.6 Å². The molecule has 3 aromatic carbocycles. The third kappa shape index (κ3) is 6.21. The Morgan fingerprint density at radius 2 is 1.64 bits per heavy atom. The lowest BCUT2D eigenvalue weighted by Crippen LogP contribution is -2.43. The fraction of sp³-hybridized carbons (Fsp3) is 0.130. The maximum atomic E-state index is 12.7. The second kappa shape index (κ2) is 10.3. The molecule has 0 fully saturated rings. The Labute approximate surface area is 198 Å². The number of hydrogen-bond acceptors (Lipinski definition) is 5. The molecule has 0 aliphatic rings. The molecular formula is C23H24N4O4S2.